The minimum Gasteiger partial charge on any atom is -0.468 e. The summed E-state index contributed by atoms with van der Waals surface area (Å²) >= 11 is 3.23. The molecule has 0 spiro atoms. The predicted molar refractivity (Wildman–Crippen MR) is 77.3 cm³/mol. The molecule has 0 saturated carbocycles. The lowest BCUT2D eigenvalue weighted by molar-refractivity contribution is 0.0511. The van der Waals surface area contributed by atoms with Gasteiger partial charge in [-0.3, -0.25) is 4.79 Å². The second-order valence-corrected chi connectivity index (χ2v) is 4.86. The number of hydrogen-bond donors (Lipinski definition) is 0. The summed E-state index contributed by atoms with van der Waals surface area (Å²) in [7, 11) is 3.32. The first-order valence-corrected chi connectivity index (χ1v) is 6.50. The molecular weight excluding hydrogens is 310 g/mol. The summed E-state index contributed by atoms with van der Waals surface area (Å²) in [4.78, 5) is 11.8. The van der Waals surface area contributed by atoms with Crippen molar-refractivity contribution in [1.29, 1.82) is 0 Å². The molecule has 1 heterocycles. The highest BCUT2D eigenvalue weighted by Crippen LogP contribution is 2.22. The fourth-order valence-corrected chi connectivity index (χ4v) is 2.14. The van der Waals surface area contributed by atoms with Crippen molar-refractivity contribution in [3.05, 3.63) is 51.2 Å². The number of ether oxygens (including phenoxy) is 2. The third kappa shape index (κ3) is 3.05. The number of nitrogens with zero attached hydrogens (tertiary/aromatic N) is 1. The number of benzene rings is 1. The van der Waals surface area contributed by atoms with E-state index in [9.17, 15) is 4.79 Å². The highest BCUT2D eigenvalue weighted by molar-refractivity contribution is 9.10. The molecule has 1 aromatic carbocycles. The number of methoxy groups -OCH3 is 1. The van der Waals surface area contributed by atoms with Gasteiger partial charge in [-0.25, -0.2) is 0 Å². The van der Waals surface area contributed by atoms with E-state index in [1.54, 1.807) is 24.8 Å². The van der Waals surface area contributed by atoms with Gasteiger partial charge in [-0.15, -0.1) is 0 Å². The predicted octanol–water partition coefficient (Wildman–Crippen LogP) is 2.80. The monoisotopic (exact) mass is 323 g/mol. The third-order valence-corrected chi connectivity index (χ3v) is 3.35. The van der Waals surface area contributed by atoms with E-state index in [-0.39, 0.29) is 12.4 Å². The lowest BCUT2D eigenvalue weighted by Gasteiger charge is -2.10. The topological polar surface area (TPSA) is 40.5 Å². The van der Waals surface area contributed by atoms with Crippen LogP contribution in [0.25, 0.3) is 11.3 Å². The van der Waals surface area contributed by atoms with Crippen molar-refractivity contribution in [3.63, 3.8) is 0 Å². The van der Waals surface area contributed by atoms with Gasteiger partial charge in [0.25, 0.3) is 5.56 Å². The van der Waals surface area contributed by atoms with E-state index in [0.717, 1.165) is 17.0 Å². The van der Waals surface area contributed by atoms with Crippen molar-refractivity contribution in [1.82, 2.24) is 4.57 Å². The molecule has 5 heteroatoms. The van der Waals surface area contributed by atoms with Crippen LogP contribution in [0.3, 0.4) is 0 Å². The number of hydrogen-bond acceptors (Lipinski definition) is 3. The fourth-order valence-electron chi connectivity index (χ4n) is 1.74. The quantitative estimate of drug-likeness (QED) is 0.812. The Labute approximate surface area is 119 Å². The van der Waals surface area contributed by atoms with Gasteiger partial charge in [0.1, 0.15) is 5.75 Å². The van der Waals surface area contributed by atoms with Gasteiger partial charge < -0.3 is 14.0 Å². The Balaban J connectivity index is 2.32. The van der Waals surface area contributed by atoms with E-state index in [1.165, 1.54) is 0 Å². The molecule has 0 unspecified atom stereocenters. The molecule has 19 heavy (non-hydrogen) atoms. The summed E-state index contributed by atoms with van der Waals surface area (Å²) in [6.07, 6.45) is 0. The van der Waals surface area contributed by atoms with Crippen LogP contribution in [0.1, 0.15) is 0 Å². The molecule has 2 rings (SSSR count). The van der Waals surface area contributed by atoms with Crippen molar-refractivity contribution in [2.75, 3.05) is 13.9 Å². The second kappa shape index (κ2) is 6.04. The van der Waals surface area contributed by atoms with E-state index in [4.69, 9.17) is 9.47 Å². The third-order valence-electron chi connectivity index (χ3n) is 2.75. The molecule has 4 nitrogen and oxygen atoms in total. The summed E-state index contributed by atoms with van der Waals surface area (Å²) in [5.41, 5.74) is 1.75. The number of aromatic nitrogens is 1. The van der Waals surface area contributed by atoms with Crippen LogP contribution in [0, 0.1) is 0 Å². The zero-order chi connectivity index (χ0) is 13.8. The zero-order valence-electron chi connectivity index (χ0n) is 10.7. The molecule has 2 aromatic rings. The SMILES string of the molecule is COCOc1ccc(-c2ccc(Br)c(=O)n2C)cc1. The van der Waals surface area contributed by atoms with Crippen molar-refractivity contribution in [3.8, 4) is 17.0 Å². The van der Waals surface area contributed by atoms with Crippen LogP contribution in [0.5, 0.6) is 5.75 Å². The average molecular weight is 324 g/mol. The summed E-state index contributed by atoms with van der Waals surface area (Å²) < 4.78 is 12.3. The fraction of sp³-hybridized carbons (Fsp3) is 0.214. The van der Waals surface area contributed by atoms with E-state index >= 15 is 0 Å². The maximum atomic E-state index is 11.8. The van der Waals surface area contributed by atoms with Gasteiger partial charge in [0.2, 0.25) is 0 Å². The van der Waals surface area contributed by atoms with Crippen LogP contribution >= 0.6 is 15.9 Å². The molecule has 0 amide bonds. The Morgan fingerprint density at radius 3 is 2.47 bits per heavy atom. The largest absolute Gasteiger partial charge is 0.468 e. The highest BCUT2D eigenvalue weighted by atomic mass is 79.9. The Hall–Kier alpha value is -1.59. The van der Waals surface area contributed by atoms with Crippen LogP contribution in [-0.2, 0) is 11.8 Å². The van der Waals surface area contributed by atoms with Crippen molar-refractivity contribution < 1.29 is 9.47 Å². The van der Waals surface area contributed by atoms with Gasteiger partial charge in [-0.1, -0.05) is 0 Å². The Kier molecular flexibility index (Phi) is 4.39. The molecule has 0 atom stereocenters. The first-order valence-electron chi connectivity index (χ1n) is 5.71. The van der Waals surface area contributed by atoms with E-state index in [2.05, 4.69) is 15.9 Å². The smallest absolute Gasteiger partial charge is 0.265 e. The van der Waals surface area contributed by atoms with Crippen LogP contribution < -0.4 is 10.3 Å². The highest BCUT2D eigenvalue weighted by Gasteiger charge is 2.06. The molecule has 0 bridgehead atoms. The normalized spacial score (nSPS) is 10.5. The van der Waals surface area contributed by atoms with Gasteiger partial charge in [-0.2, -0.15) is 0 Å². The molecule has 0 fully saturated rings. The number of pyridine rings is 1. The molecule has 0 aliphatic carbocycles. The first-order chi connectivity index (χ1) is 9.13. The van der Waals surface area contributed by atoms with E-state index in [1.807, 2.05) is 30.3 Å². The Morgan fingerprint density at radius 1 is 1.16 bits per heavy atom. The Bertz CT molecular complexity index is 620. The van der Waals surface area contributed by atoms with Gasteiger partial charge in [0.05, 0.1) is 10.2 Å². The van der Waals surface area contributed by atoms with E-state index in [0.29, 0.717) is 4.47 Å². The van der Waals surface area contributed by atoms with Gasteiger partial charge in [-0.05, 0) is 57.9 Å². The first kappa shape index (κ1) is 13.8. The second-order valence-electron chi connectivity index (χ2n) is 4.01. The van der Waals surface area contributed by atoms with Crippen LogP contribution in [-0.4, -0.2) is 18.5 Å². The lowest BCUT2D eigenvalue weighted by Crippen LogP contribution is -2.18. The van der Waals surface area contributed by atoms with Gasteiger partial charge >= 0.3 is 0 Å². The van der Waals surface area contributed by atoms with Crippen molar-refractivity contribution in [2.24, 2.45) is 7.05 Å². The minimum absolute atomic E-state index is 0.0581. The summed E-state index contributed by atoms with van der Waals surface area (Å²) in [6.45, 7) is 0.218. The molecule has 0 aliphatic rings. The lowest BCUT2D eigenvalue weighted by atomic mass is 10.1. The maximum Gasteiger partial charge on any atom is 0.265 e. The van der Waals surface area contributed by atoms with Crippen LogP contribution in [0.15, 0.2) is 45.7 Å². The summed E-state index contributed by atoms with van der Waals surface area (Å²) in [5, 5.41) is 0. The standard InChI is InChI=1S/C14H14BrNO3/c1-16-13(8-7-12(15)14(16)17)10-3-5-11(6-4-10)19-9-18-2/h3-8H,9H2,1-2H3. The van der Waals surface area contributed by atoms with Crippen LogP contribution in [0.4, 0.5) is 0 Å². The molecule has 0 N–H and O–H groups in total. The van der Waals surface area contributed by atoms with E-state index < -0.39 is 0 Å². The molecule has 0 aliphatic heterocycles. The molecular formula is C14H14BrNO3. The van der Waals surface area contributed by atoms with Gasteiger partial charge in [0, 0.05) is 14.2 Å². The van der Waals surface area contributed by atoms with Crippen molar-refractivity contribution >= 4 is 15.9 Å². The zero-order valence-corrected chi connectivity index (χ0v) is 12.3. The Morgan fingerprint density at radius 2 is 1.84 bits per heavy atom. The number of rotatable bonds is 4. The molecule has 100 valence electrons. The number of halogens is 1. The van der Waals surface area contributed by atoms with Gasteiger partial charge in [0.15, 0.2) is 6.79 Å². The maximum absolute atomic E-state index is 11.8. The molecule has 0 radical (unpaired) electrons. The average Bonchev–Trinajstić information content (AvgIpc) is 2.44. The van der Waals surface area contributed by atoms with Crippen molar-refractivity contribution in [2.45, 2.75) is 0 Å². The summed E-state index contributed by atoms with van der Waals surface area (Å²) in [6, 6.07) is 11.2. The van der Waals surface area contributed by atoms with Crippen LogP contribution in [0.2, 0.25) is 0 Å². The summed E-state index contributed by atoms with van der Waals surface area (Å²) in [5.74, 6) is 0.729. The minimum atomic E-state index is -0.0581. The molecule has 0 saturated heterocycles. The molecule has 1 aromatic heterocycles.